The molecule has 0 unspecified atom stereocenters. The molecule has 12 nitrogen and oxygen atoms in total. The van der Waals surface area contributed by atoms with Crippen LogP contribution in [0.3, 0.4) is 0 Å². The number of para-hydroxylation sites is 1. The number of carboxylic acid groups (broad SMARTS) is 2. The molecule has 0 aliphatic carbocycles. The molecule has 0 bridgehead atoms. The third-order valence-electron chi connectivity index (χ3n) is 4.87. The Kier molecular flexibility index (Phi) is 13.7. The van der Waals surface area contributed by atoms with Crippen molar-refractivity contribution >= 4 is 41.5 Å². The van der Waals surface area contributed by atoms with Gasteiger partial charge in [0.1, 0.15) is 0 Å². The van der Waals surface area contributed by atoms with E-state index in [9.17, 15) is 24.6 Å². The molecular formula is C29H30N2O10. The fourth-order valence-corrected chi connectivity index (χ4v) is 2.96. The number of anilines is 1. The molecule has 0 saturated carbocycles. The minimum absolute atomic E-state index is 0.00662. The highest BCUT2D eigenvalue weighted by molar-refractivity contribution is 6.10. The van der Waals surface area contributed by atoms with Crippen LogP contribution in [0.2, 0.25) is 0 Å². The van der Waals surface area contributed by atoms with Crippen LogP contribution in [-0.2, 0) is 9.59 Å². The zero-order chi connectivity index (χ0) is 30.9. The molecular weight excluding hydrogens is 536 g/mol. The molecule has 0 aromatic heterocycles. The number of aromatic carboxylic acids is 1. The summed E-state index contributed by atoms with van der Waals surface area (Å²) in [6, 6.07) is 15.7. The van der Waals surface area contributed by atoms with Gasteiger partial charge in [-0.3, -0.25) is 9.59 Å². The summed E-state index contributed by atoms with van der Waals surface area (Å²) in [6.45, 7) is 0. The molecule has 0 saturated heterocycles. The van der Waals surface area contributed by atoms with E-state index in [1.807, 2.05) is 0 Å². The van der Waals surface area contributed by atoms with Gasteiger partial charge in [0.2, 0.25) is 0 Å². The summed E-state index contributed by atoms with van der Waals surface area (Å²) in [5.74, 6) is -1.07. The van der Waals surface area contributed by atoms with Gasteiger partial charge >= 0.3 is 12.1 Å². The summed E-state index contributed by atoms with van der Waals surface area (Å²) in [6.07, 6.45) is 4.11. The Hall–Kier alpha value is -5.78. The van der Waals surface area contributed by atoms with E-state index in [-0.39, 0.29) is 35.0 Å². The minimum Gasteiger partial charge on any atom is -0.504 e. The number of carbonyl (C=O) groups is 4. The zero-order valence-electron chi connectivity index (χ0n) is 22.2. The fourth-order valence-electron chi connectivity index (χ4n) is 2.96. The Morgan fingerprint density at radius 2 is 1.17 bits per heavy atom. The molecule has 0 fully saturated rings. The van der Waals surface area contributed by atoms with Crippen molar-refractivity contribution in [3.8, 4) is 23.0 Å². The normalized spacial score (nSPS) is 10.1. The molecule has 0 radical (unpaired) electrons. The van der Waals surface area contributed by atoms with Crippen LogP contribution < -0.4 is 20.9 Å². The molecule has 41 heavy (non-hydrogen) atoms. The van der Waals surface area contributed by atoms with E-state index in [1.54, 1.807) is 54.6 Å². The molecule has 0 aliphatic heterocycles. The predicted octanol–water partition coefficient (Wildman–Crippen LogP) is 3.96. The third-order valence-corrected chi connectivity index (χ3v) is 4.87. The number of hydrogen-bond donors (Lipinski definition) is 6. The Morgan fingerprint density at radius 3 is 1.51 bits per heavy atom. The standard InChI is InChI=1S/C21H20O6.C7H7NO2.CH3NO2/c1-26-20-11-14(5-9-18(20)24)3-7-16(22)13-17(23)8-4-15-6-10-19(25)21(12-15)27-2;8-6-4-2-1-3-5(6)7(9)10;2-1(3)4/h3-12,24-25H,13H2,1-2H3;1-4H,8H2,(H,9,10);2H2,(H,3,4). The number of benzene rings is 3. The number of hydrogen-bond acceptors (Lipinski definition) is 9. The molecule has 3 rings (SSSR count). The number of ether oxygens (including phenoxy) is 2. The topological polar surface area (TPSA) is 220 Å². The van der Waals surface area contributed by atoms with Crippen LogP contribution in [0.4, 0.5) is 10.5 Å². The Morgan fingerprint density at radius 1 is 0.756 bits per heavy atom. The van der Waals surface area contributed by atoms with Crippen molar-refractivity contribution in [2.24, 2.45) is 5.73 Å². The number of nitrogen functional groups attached to an aromatic ring is 1. The molecule has 8 N–H and O–H groups in total. The number of primary amides is 1. The maximum absolute atomic E-state index is 11.9. The van der Waals surface area contributed by atoms with Crippen LogP contribution >= 0.6 is 0 Å². The summed E-state index contributed by atoms with van der Waals surface area (Å²) in [4.78, 5) is 43.0. The number of carbonyl (C=O) groups excluding carboxylic acids is 2. The average molecular weight is 567 g/mol. The van der Waals surface area contributed by atoms with Gasteiger partial charge < -0.3 is 41.4 Å². The molecule has 0 aliphatic rings. The first-order chi connectivity index (χ1) is 19.4. The van der Waals surface area contributed by atoms with E-state index in [2.05, 4.69) is 5.73 Å². The lowest BCUT2D eigenvalue weighted by Gasteiger charge is -2.03. The van der Waals surface area contributed by atoms with Gasteiger partial charge in [-0.15, -0.1) is 0 Å². The summed E-state index contributed by atoms with van der Waals surface area (Å²) in [5, 5.41) is 34.8. The number of nitrogens with two attached hydrogens (primary N) is 2. The van der Waals surface area contributed by atoms with Gasteiger partial charge in [-0.1, -0.05) is 36.4 Å². The molecule has 3 aromatic rings. The lowest BCUT2D eigenvalue weighted by atomic mass is 10.1. The SMILES string of the molecule is COc1cc(C=CC(=O)CC(=O)C=Cc2ccc(O)c(OC)c2)ccc1O.NC(=O)O.Nc1ccccc1C(=O)O. The van der Waals surface area contributed by atoms with Crippen molar-refractivity contribution in [2.45, 2.75) is 6.42 Å². The van der Waals surface area contributed by atoms with Crippen molar-refractivity contribution in [3.63, 3.8) is 0 Å². The van der Waals surface area contributed by atoms with E-state index >= 15 is 0 Å². The molecule has 0 spiro atoms. The Balaban J connectivity index is 0.000000493. The van der Waals surface area contributed by atoms with Crippen LogP contribution in [0.1, 0.15) is 27.9 Å². The Labute approximate surface area is 235 Å². The number of phenolic OH excluding ortho intramolecular Hbond substituents is 2. The average Bonchev–Trinajstić information content (AvgIpc) is 2.92. The van der Waals surface area contributed by atoms with Gasteiger partial charge in [0, 0.05) is 5.69 Å². The number of amides is 1. The van der Waals surface area contributed by atoms with Crippen LogP contribution in [-0.4, -0.2) is 58.3 Å². The first-order valence-electron chi connectivity index (χ1n) is 11.6. The van der Waals surface area contributed by atoms with Crippen LogP contribution in [0.15, 0.2) is 72.8 Å². The van der Waals surface area contributed by atoms with Gasteiger partial charge in [0.05, 0.1) is 26.2 Å². The number of rotatable bonds is 9. The Bertz CT molecular complexity index is 1350. The smallest absolute Gasteiger partial charge is 0.402 e. The summed E-state index contributed by atoms with van der Waals surface area (Å²) in [5.41, 5.74) is 11.2. The van der Waals surface area contributed by atoms with E-state index in [1.165, 1.54) is 44.6 Å². The maximum atomic E-state index is 11.9. The summed E-state index contributed by atoms with van der Waals surface area (Å²) < 4.78 is 10.00. The fraction of sp³-hybridized carbons (Fsp3) is 0.103. The lowest BCUT2D eigenvalue weighted by molar-refractivity contribution is -0.121. The maximum Gasteiger partial charge on any atom is 0.402 e. The number of methoxy groups -OCH3 is 2. The number of carboxylic acids is 1. The second-order valence-electron chi connectivity index (χ2n) is 7.87. The van der Waals surface area contributed by atoms with Gasteiger partial charge in [-0.05, 0) is 59.7 Å². The van der Waals surface area contributed by atoms with E-state index in [4.69, 9.17) is 30.2 Å². The number of phenols is 2. The quantitative estimate of drug-likeness (QED) is 0.124. The minimum atomic E-state index is -1.33. The first kappa shape index (κ1) is 33.2. The van der Waals surface area contributed by atoms with Crippen molar-refractivity contribution in [3.05, 3.63) is 89.5 Å². The summed E-state index contributed by atoms with van der Waals surface area (Å²) in [7, 11) is 2.87. The molecule has 3 aromatic carbocycles. The van der Waals surface area contributed by atoms with Crippen molar-refractivity contribution in [1.82, 2.24) is 0 Å². The van der Waals surface area contributed by atoms with E-state index < -0.39 is 12.1 Å². The monoisotopic (exact) mass is 566 g/mol. The van der Waals surface area contributed by atoms with Crippen molar-refractivity contribution in [2.75, 3.05) is 20.0 Å². The summed E-state index contributed by atoms with van der Waals surface area (Å²) >= 11 is 0. The molecule has 0 heterocycles. The van der Waals surface area contributed by atoms with Crippen molar-refractivity contribution in [1.29, 1.82) is 0 Å². The van der Waals surface area contributed by atoms with Gasteiger partial charge in [0.15, 0.2) is 34.6 Å². The van der Waals surface area contributed by atoms with Gasteiger partial charge in [-0.2, -0.15) is 0 Å². The van der Waals surface area contributed by atoms with Crippen molar-refractivity contribution < 1.29 is 49.1 Å². The highest BCUT2D eigenvalue weighted by Crippen LogP contribution is 2.27. The van der Waals surface area contributed by atoms with Gasteiger partial charge in [-0.25, -0.2) is 9.59 Å². The number of allylic oxidation sites excluding steroid dienone is 2. The van der Waals surface area contributed by atoms with E-state index in [0.29, 0.717) is 28.3 Å². The third kappa shape index (κ3) is 12.5. The van der Waals surface area contributed by atoms with Crippen LogP contribution in [0, 0.1) is 0 Å². The first-order valence-corrected chi connectivity index (χ1v) is 11.6. The lowest BCUT2D eigenvalue weighted by Crippen LogP contribution is -2.03. The van der Waals surface area contributed by atoms with Gasteiger partial charge in [0.25, 0.3) is 0 Å². The van der Waals surface area contributed by atoms with Crippen LogP contribution in [0.5, 0.6) is 23.0 Å². The van der Waals surface area contributed by atoms with E-state index in [0.717, 1.165) is 0 Å². The highest BCUT2D eigenvalue weighted by Gasteiger charge is 2.06. The number of ketones is 2. The molecule has 216 valence electrons. The zero-order valence-corrected chi connectivity index (χ0v) is 22.2. The predicted molar refractivity (Wildman–Crippen MR) is 152 cm³/mol. The molecule has 0 atom stereocenters. The van der Waals surface area contributed by atoms with Crippen LogP contribution in [0.25, 0.3) is 12.2 Å². The second-order valence-corrected chi connectivity index (χ2v) is 7.87. The largest absolute Gasteiger partial charge is 0.504 e. The second kappa shape index (κ2) is 16.9. The molecule has 12 heteroatoms. The number of aromatic hydroxyl groups is 2. The highest BCUT2D eigenvalue weighted by atomic mass is 16.5. The molecule has 1 amide bonds.